The Morgan fingerprint density at radius 3 is 2.40 bits per heavy atom. The van der Waals surface area contributed by atoms with Crippen molar-refractivity contribution in [3.63, 3.8) is 0 Å². The number of carboxylic acid groups (broad SMARTS) is 1. The van der Waals surface area contributed by atoms with Crippen molar-refractivity contribution in [1.29, 1.82) is 0 Å². The molecule has 2 aromatic carbocycles. The van der Waals surface area contributed by atoms with Gasteiger partial charge in [-0.05, 0) is 34.5 Å². The van der Waals surface area contributed by atoms with Crippen molar-refractivity contribution in [1.82, 2.24) is 4.98 Å². The first-order valence-corrected chi connectivity index (χ1v) is 6.42. The molecule has 0 aliphatic carbocycles. The number of aromatic nitrogens is 1. The minimum absolute atomic E-state index is 0.282. The van der Waals surface area contributed by atoms with E-state index in [0.717, 1.165) is 16.5 Å². The van der Waals surface area contributed by atoms with Crippen LogP contribution in [0.3, 0.4) is 0 Å². The first kappa shape index (κ1) is 12.6. The first-order valence-electron chi connectivity index (χ1n) is 6.04. The maximum absolute atomic E-state index is 11.3. The normalized spacial score (nSPS) is 10.7. The second kappa shape index (κ2) is 4.94. The van der Waals surface area contributed by atoms with E-state index in [4.69, 9.17) is 11.6 Å². The Kier molecular flexibility index (Phi) is 3.12. The second-order valence-electron chi connectivity index (χ2n) is 4.35. The molecule has 1 N–H and O–H groups in total. The highest BCUT2D eigenvalue weighted by Gasteiger charge is 2.13. The summed E-state index contributed by atoms with van der Waals surface area (Å²) in [6.07, 6.45) is 1.62. The average molecular weight is 284 g/mol. The molecular weight excluding hydrogens is 274 g/mol. The van der Waals surface area contributed by atoms with Gasteiger partial charge in [0.2, 0.25) is 0 Å². The van der Waals surface area contributed by atoms with Crippen LogP contribution in [0, 0.1) is 0 Å². The lowest BCUT2D eigenvalue weighted by atomic mass is 9.96. The molecule has 4 heteroatoms. The number of nitrogens with zero attached hydrogens (tertiary/aromatic N) is 1. The van der Waals surface area contributed by atoms with Gasteiger partial charge >= 0.3 is 5.97 Å². The Labute approximate surface area is 120 Å². The monoisotopic (exact) mass is 283 g/mol. The van der Waals surface area contributed by atoms with Gasteiger partial charge in [-0.15, -0.1) is 0 Å². The van der Waals surface area contributed by atoms with Crippen LogP contribution in [0.2, 0.25) is 5.15 Å². The number of benzene rings is 2. The molecule has 0 saturated carbocycles. The smallest absolute Gasteiger partial charge is 0.336 e. The van der Waals surface area contributed by atoms with Gasteiger partial charge in [-0.1, -0.05) is 41.9 Å². The van der Waals surface area contributed by atoms with Crippen LogP contribution < -0.4 is 0 Å². The molecule has 0 amide bonds. The van der Waals surface area contributed by atoms with E-state index in [1.807, 2.05) is 24.3 Å². The fourth-order valence-corrected chi connectivity index (χ4v) is 2.53. The molecule has 0 bridgehead atoms. The van der Waals surface area contributed by atoms with Crippen LogP contribution in [0.25, 0.3) is 21.9 Å². The summed E-state index contributed by atoms with van der Waals surface area (Å²) < 4.78 is 0. The summed E-state index contributed by atoms with van der Waals surface area (Å²) in [5.41, 5.74) is 1.95. The SMILES string of the molecule is O=C(O)c1ccc(-c2cccnc2Cl)c2ccccc12. The van der Waals surface area contributed by atoms with Crippen LogP contribution in [0.15, 0.2) is 54.7 Å². The van der Waals surface area contributed by atoms with Gasteiger partial charge in [-0.3, -0.25) is 0 Å². The van der Waals surface area contributed by atoms with Gasteiger partial charge in [-0.25, -0.2) is 9.78 Å². The molecule has 20 heavy (non-hydrogen) atoms. The van der Waals surface area contributed by atoms with Crippen LogP contribution in [-0.4, -0.2) is 16.1 Å². The zero-order valence-electron chi connectivity index (χ0n) is 10.4. The molecule has 0 fully saturated rings. The van der Waals surface area contributed by atoms with Crippen molar-refractivity contribution in [2.75, 3.05) is 0 Å². The summed E-state index contributed by atoms with van der Waals surface area (Å²) in [6.45, 7) is 0. The maximum Gasteiger partial charge on any atom is 0.336 e. The van der Waals surface area contributed by atoms with E-state index in [1.165, 1.54) is 0 Å². The molecule has 3 aromatic rings. The van der Waals surface area contributed by atoms with Crippen LogP contribution in [-0.2, 0) is 0 Å². The van der Waals surface area contributed by atoms with E-state index >= 15 is 0 Å². The van der Waals surface area contributed by atoms with E-state index in [0.29, 0.717) is 10.5 Å². The predicted molar refractivity (Wildman–Crippen MR) is 79.1 cm³/mol. The van der Waals surface area contributed by atoms with E-state index in [1.54, 1.807) is 30.5 Å². The molecule has 0 saturated heterocycles. The van der Waals surface area contributed by atoms with Gasteiger partial charge in [0.25, 0.3) is 0 Å². The number of fused-ring (bicyclic) bond motifs is 1. The van der Waals surface area contributed by atoms with E-state index in [9.17, 15) is 9.90 Å². The second-order valence-corrected chi connectivity index (χ2v) is 4.71. The highest BCUT2D eigenvalue weighted by molar-refractivity contribution is 6.32. The summed E-state index contributed by atoms with van der Waals surface area (Å²) in [4.78, 5) is 15.4. The third-order valence-electron chi connectivity index (χ3n) is 3.20. The first-order chi connectivity index (χ1) is 9.68. The van der Waals surface area contributed by atoms with Crippen LogP contribution in [0.1, 0.15) is 10.4 Å². The minimum atomic E-state index is -0.940. The molecule has 3 nitrogen and oxygen atoms in total. The fourth-order valence-electron chi connectivity index (χ4n) is 2.31. The molecule has 0 atom stereocenters. The van der Waals surface area contributed by atoms with E-state index < -0.39 is 5.97 Å². The predicted octanol–water partition coefficient (Wildman–Crippen LogP) is 4.25. The molecule has 0 aliphatic rings. The fraction of sp³-hybridized carbons (Fsp3) is 0. The third kappa shape index (κ3) is 2.02. The molecule has 0 aliphatic heterocycles. The van der Waals surface area contributed by atoms with Crippen molar-refractivity contribution in [2.45, 2.75) is 0 Å². The van der Waals surface area contributed by atoms with Crippen LogP contribution in [0.4, 0.5) is 0 Å². The largest absolute Gasteiger partial charge is 0.478 e. The number of halogens is 1. The summed E-state index contributed by atoms with van der Waals surface area (Å²) in [5.74, 6) is -0.940. The highest BCUT2D eigenvalue weighted by atomic mass is 35.5. The van der Waals surface area contributed by atoms with Crippen LogP contribution >= 0.6 is 11.6 Å². The Hall–Kier alpha value is -2.39. The Morgan fingerprint density at radius 1 is 0.950 bits per heavy atom. The zero-order chi connectivity index (χ0) is 14.1. The zero-order valence-corrected chi connectivity index (χ0v) is 11.1. The molecule has 0 radical (unpaired) electrons. The minimum Gasteiger partial charge on any atom is -0.478 e. The molecule has 0 unspecified atom stereocenters. The van der Waals surface area contributed by atoms with E-state index in [2.05, 4.69) is 4.98 Å². The molecule has 1 aromatic heterocycles. The Bertz CT molecular complexity index is 814. The molecule has 3 rings (SSSR count). The van der Waals surface area contributed by atoms with Crippen molar-refractivity contribution < 1.29 is 9.90 Å². The topological polar surface area (TPSA) is 50.2 Å². The molecule has 0 spiro atoms. The van der Waals surface area contributed by atoms with E-state index in [-0.39, 0.29) is 5.56 Å². The maximum atomic E-state index is 11.3. The summed E-state index contributed by atoms with van der Waals surface area (Å²) in [7, 11) is 0. The highest BCUT2D eigenvalue weighted by Crippen LogP contribution is 2.33. The number of carbonyl (C=O) groups is 1. The van der Waals surface area contributed by atoms with Gasteiger partial charge in [0.1, 0.15) is 5.15 Å². The standard InChI is InChI=1S/C16H10ClNO2/c17-15-13(6-3-9-18-15)12-7-8-14(16(19)20)11-5-2-1-4-10(11)12/h1-9H,(H,19,20). The number of pyridine rings is 1. The lowest BCUT2D eigenvalue weighted by Crippen LogP contribution is -1.98. The average Bonchev–Trinajstić information content (AvgIpc) is 2.46. The lowest BCUT2D eigenvalue weighted by Gasteiger charge is -2.10. The Morgan fingerprint density at radius 2 is 1.70 bits per heavy atom. The lowest BCUT2D eigenvalue weighted by molar-refractivity contribution is 0.0699. The molecular formula is C16H10ClNO2. The number of hydrogen-bond donors (Lipinski definition) is 1. The van der Waals surface area contributed by atoms with Gasteiger partial charge in [0.05, 0.1) is 5.56 Å². The van der Waals surface area contributed by atoms with Crippen molar-refractivity contribution >= 4 is 28.3 Å². The van der Waals surface area contributed by atoms with Crippen molar-refractivity contribution in [3.05, 3.63) is 65.4 Å². The van der Waals surface area contributed by atoms with Crippen molar-refractivity contribution in [3.8, 4) is 11.1 Å². The quantitative estimate of drug-likeness (QED) is 0.715. The van der Waals surface area contributed by atoms with Crippen molar-refractivity contribution in [2.24, 2.45) is 0 Å². The van der Waals surface area contributed by atoms with Gasteiger partial charge < -0.3 is 5.11 Å². The molecule has 1 heterocycles. The van der Waals surface area contributed by atoms with Gasteiger partial charge in [-0.2, -0.15) is 0 Å². The van der Waals surface area contributed by atoms with Gasteiger partial charge in [0, 0.05) is 11.8 Å². The number of hydrogen-bond acceptors (Lipinski definition) is 2. The third-order valence-corrected chi connectivity index (χ3v) is 3.50. The summed E-state index contributed by atoms with van der Waals surface area (Å²) in [5, 5.41) is 11.2. The Balaban J connectivity index is 2.37. The molecule has 98 valence electrons. The number of rotatable bonds is 2. The number of carboxylic acids is 1. The van der Waals surface area contributed by atoms with Gasteiger partial charge in [0.15, 0.2) is 0 Å². The number of aromatic carboxylic acids is 1. The summed E-state index contributed by atoms with van der Waals surface area (Å²) in [6, 6.07) is 14.4. The summed E-state index contributed by atoms with van der Waals surface area (Å²) >= 11 is 6.13. The van der Waals surface area contributed by atoms with Crippen LogP contribution in [0.5, 0.6) is 0 Å².